The molecule has 4 heterocycles. The molecule has 6 aliphatic rings. The summed E-state index contributed by atoms with van der Waals surface area (Å²) >= 11 is 0. The third kappa shape index (κ3) is 9.71. The average molecular weight is 987 g/mol. The van der Waals surface area contributed by atoms with Gasteiger partial charge in [-0.1, -0.05) is 159 Å². The molecule has 4 N–H and O–H groups in total. The molecule has 380 valence electrons. The summed E-state index contributed by atoms with van der Waals surface area (Å²) in [6.45, 7) is 5.79. The smallest absolute Gasteiger partial charge is 0.251 e. The molecule has 0 spiro atoms. The Balaban J connectivity index is 0.000000159. The number of aryl methyl sites for hydroxylation is 2. The van der Waals surface area contributed by atoms with E-state index < -0.39 is 0 Å². The molecule has 2 saturated heterocycles. The highest BCUT2D eigenvalue weighted by Gasteiger charge is 2.50. The highest BCUT2D eigenvalue weighted by molar-refractivity contribution is 5.95. The van der Waals surface area contributed by atoms with Crippen LogP contribution in [-0.2, 0) is 9.59 Å². The standard InChI is InChI=1S/2C32H35N3O2/c2*1-21-11-10-17-25-28(21)34-29(22-12-4-2-5-13-22)26-19-20-35(30(25)26)32(37)24-16-8-9-18-27(24)33-31(36)23-14-6-3-7-15-23/h2*2-7,10-15,17,24,26-27,29-30,34H,8-9,16,18-20H2,1H3,(H,33,36)/t24-,26+,27+,29-,30-;24-,26-,27+,29+,30+/m00/s1. The zero-order valence-electron chi connectivity index (χ0n) is 42.8. The van der Waals surface area contributed by atoms with Crippen LogP contribution in [-0.4, -0.2) is 58.6 Å². The van der Waals surface area contributed by atoms with Gasteiger partial charge in [0.05, 0.1) is 36.0 Å². The Morgan fingerprint density at radius 3 is 1.19 bits per heavy atom. The van der Waals surface area contributed by atoms with Crippen molar-refractivity contribution in [3.8, 4) is 0 Å². The summed E-state index contributed by atoms with van der Waals surface area (Å²) in [6.07, 6.45) is 9.41. The van der Waals surface area contributed by atoms with Gasteiger partial charge in [-0.3, -0.25) is 19.2 Å². The van der Waals surface area contributed by atoms with Crippen molar-refractivity contribution in [1.82, 2.24) is 20.4 Å². The van der Waals surface area contributed by atoms with Crippen LogP contribution in [0.4, 0.5) is 11.4 Å². The number of anilines is 2. The predicted molar refractivity (Wildman–Crippen MR) is 292 cm³/mol. The van der Waals surface area contributed by atoms with Crippen molar-refractivity contribution in [3.63, 3.8) is 0 Å². The van der Waals surface area contributed by atoms with E-state index >= 15 is 0 Å². The number of carbonyl (C=O) groups excluding carboxylic acids is 4. The summed E-state index contributed by atoms with van der Waals surface area (Å²) in [5, 5.41) is 14.2. The maximum atomic E-state index is 14.3. The fourth-order valence-electron chi connectivity index (χ4n) is 13.7. The maximum absolute atomic E-state index is 14.3. The third-order valence-corrected chi connectivity index (χ3v) is 17.3. The first-order valence-corrected chi connectivity index (χ1v) is 27.4. The molecule has 10 atom stereocenters. The molecule has 6 aromatic rings. The zero-order chi connectivity index (χ0) is 50.7. The van der Waals surface area contributed by atoms with Crippen molar-refractivity contribution in [2.24, 2.45) is 23.7 Å². The van der Waals surface area contributed by atoms with Crippen molar-refractivity contribution < 1.29 is 19.2 Å². The molecule has 0 unspecified atom stereocenters. The molecule has 4 fully saturated rings. The molecule has 6 aromatic carbocycles. The van der Waals surface area contributed by atoms with Crippen LogP contribution >= 0.6 is 0 Å². The van der Waals surface area contributed by atoms with Crippen molar-refractivity contribution in [2.45, 2.75) is 114 Å². The van der Waals surface area contributed by atoms with Crippen LogP contribution < -0.4 is 21.3 Å². The summed E-state index contributed by atoms with van der Waals surface area (Å²) in [7, 11) is 0. The Labute approximate surface area is 436 Å². The second-order valence-corrected chi connectivity index (χ2v) is 21.7. The van der Waals surface area contributed by atoms with Gasteiger partial charge in [0, 0.05) is 59.5 Å². The fraction of sp³-hybridized carbons (Fsp3) is 0.375. The van der Waals surface area contributed by atoms with Gasteiger partial charge in [-0.05, 0) is 110 Å². The quantitative estimate of drug-likeness (QED) is 0.120. The number of fused-ring (bicyclic) bond motifs is 6. The Morgan fingerprint density at radius 2 is 0.797 bits per heavy atom. The maximum Gasteiger partial charge on any atom is 0.251 e. The highest BCUT2D eigenvalue weighted by atomic mass is 16.2. The van der Waals surface area contributed by atoms with Gasteiger partial charge in [0.1, 0.15) is 0 Å². The molecular formula is C64H70N6O4. The van der Waals surface area contributed by atoms with Gasteiger partial charge < -0.3 is 31.1 Å². The van der Waals surface area contributed by atoms with Crippen LogP contribution in [0.5, 0.6) is 0 Å². The Hall–Kier alpha value is -7.20. The first-order valence-electron chi connectivity index (χ1n) is 27.4. The second kappa shape index (κ2) is 21.7. The zero-order valence-corrected chi connectivity index (χ0v) is 42.8. The lowest BCUT2D eigenvalue weighted by molar-refractivity contribution is -0.139. The van der Waals surface area contributed by atoms with Crippen LogP contribution in [0.2, 0.25) is 0 Å². The van der Waals surface area contributed by atoms with Crippen molar-refractivity contribution in [1.29, 1.82) is 0 Å². The number of amides is 4. The van der Waals surface area contributed by atoms with Gasteiger partial charge in [0.15, 0.2) is 0 Å². The van der Waals surface area contributed by atoms with E-state index in [2.05, 4.69) is 142 Å². The lowest BCUT2D eigenvalue weighted by Crippen LogP contribution is -2.50. The SMILES string of the molecule is Cc1cccc2c1N[C@@H](c1ccccc1)[C@H]1CCN(C(=O)[C@H]3CCCC[C@H]3NC(=O)c3ccccc3)[C@@H]21.Cc1cccc2c1N[C@H](c1ccccc1)[C@@H]1CCN(C(=O)[C@H]3CCCC[C@H]3NC(=O)c3ccccc3)[C@H]21. The summed E-state index contributed by atoms with van der Waals surface area (Å²) < 4.78 is 0. The normalized spacial score (nSPS) is 26.5. The molecule has 12 rings (SSSR count). The summed E-state index contributed by atoms with van der Waals surface area (Å²) in [4.78, 5) is 58.8. The van der Waals surface area contributed by atoms with Gasteiger partial charge in [-0.2, -0.15) is 0 Å². The number of hydrogen-bond acceptors (Lipinski definition) is 6. The topological polar surface area (TPSA) is 123 Å². The van der Waals surface area contributed by atoms with Gasteiger partial charge >= 0.3 is 0 Å². The number of rotatable bonds is 8. The van der Waals surface area contributed by atoms with Crippen LogP contribution in [0.3, 0.4) is 0 Å². The van der Waals surface area contributed by atoms with E-state index in [0.717, 1.165) is 88.7 Å². The van der Waals surface area contributed by atoms with E-state index in [-0.39, 0.29) is 71.7 Å². The molecule has 4 amide bonds. The largest absolute Gasteiger partial charge is 0.377 e. The van der Waals surface area contributed by atoms with E-state index in [4.69, 9.17) is 0 Å². The molecule has 10 heteroatoms. The minimum atomic E-state index is -0.182. The van der Waals surface area contributed by atoms with E-state index in [0.29, 0.717) is 23.0 Å². The van der Waals surface area contributed by atoms with Crippen LogP contribution in [0.1, 0.15) is 142 Å². The Morgan fingerprint density at radius 1 is 0.432 bits per heavy atom. The highest BCUT2D eigenvalue weighted by Crippen LogP contribution is 2.54. The number of nitrogens with one attached hydrogen (secondary N) is 4. The van der Waals surface area contributed by atoms with E-state index in [1.165, 1.54) is 33.4 Å². The molecule has 2 saturated carbocycles. The van der Waals surface area contributed by atoms with E-state index in [1.54, 1.807) is 0 Å². The van der Waals surface area contributed by atoms with Crippen LogP contribution in [0.25, 0.3) is 0 Å². The second-order valence-electron chi connectivity index (χ2n) is 21.7. The number of likely N-dealkylation sites (tertiary alicyclic amines) is 2. The van der Waals surface area contributed by atoms with Gasteiger partial charge in [0.25, 0.3) is 11.8 Å². The predicted octanol–water partition coefficient (Wildman–Crippen LogP) is 12.1. The molecular weight excluding hydrogens is 917 g/mol. The number of benzene rings is 6. The summed E-state index contributed by atoms with van der Waals surface area (Å²) in [5.41, 5.74) is 11.0. The minimum Gasteiger partial charge on any atom is -0.377 e. The van der Waals surface area contributed by atoms with E-state index in [9.17, 15) is 19.2 Å². The molecule has 0 bridgehead atoms. The van der Waals surface area contributed by atoms with E-state index in [1.807, 2.05) is 60.7 Å². The lowest BCUT2D eigenvalue weighted by atomic mass is 9.78. The van der Waals surface area contributed by atoms with Crippen molar-refractivity contribution >= 4 is 35.0 Å². The summed E-state index contributed by atoms with van der Waals surface area (Å²) in [5.74, 6) is 0.478. The Kier molecular flexibility index (Phi) is 14.4. The number of nitrogens with zero attached hydrogens (tertiary/aromatic N) is 2. The average Bonchev–Trinajstić information content (AvgIpc) is 4.12. The molecule has 10 nitrogen and oxygen atoms in total. The van der Waals surface area contributed by atoms with Crippen molar-refractivity contribution in [3.05, 3.63) is 202 Å². The first kappa shape index (κ1) is 49.0. The first-order chi connectivity index (χ1) is 36.2. The molecule has 74 heavy (non-hydrogen) atoms. The monoisotopic (exact) mass is 987 g/mol. The molecule has 0 aromatic heterocycles. The van der Waals surface area contributed by atoms with Gasteiger partial charge in [-0.25, -0.2) is 0 Å². The minimum absolute atomic E-state index is 0.0428. The number of carbonyl (C=O) groups is 4. The molecule has 2 aliphatic carbocycles. The van der Waals surface area contributed by atoms with Crippen LogP contribution in [0, 0.1) is 37.5 Å². The van der Waals surface area contributed by atoms with Crippen molar-refractivity contribution in [2.75, 3.05) is 23.7 Å². The lowest BCUT2D eigenvalue weighted by Gasteiger charge is -2.42. The molecule has 0 radical (unpaired) electrons. The third-order valence-electron chi connectivity index (χ3n) is 17.3. The fourth-order valence-corrected chi connectivity index (χ4v) is 13.7. The van der Waals surface area contributed by atoms with Crippen LogP contribution in [0.15, 0.2) is 158 Å². The Bertz CT molecular complexity index is 2750. The number of hydrogen-bond donors (Lipinski definition) is 4. The summed E-state index contributed by atoms with van der Waals surface area (Å²) in [6, 6.07) is 53.0. The number of para-hydroxylation sites is 2. The van der Waals surface area contributed by atoms with Gasteiger partial charge in [0.2, 0.25) is 11.8 Å². The molecule has 4 aliphatic heterocycles. The van der Waals surface area contributed by atoms with Gasteiger partial charge in [-0.15, -0.1) is 0 Å².